The van der Waals surface area contributed by atoms with E-state index in [4.69, 9.17) is 17.3 Å². The number of hydrogen-bond acceptors (Lipinski definition) is 2. The maximum atomic E-state index is 13.5. The quantitative estimate of drug-likeness (QED) is 0.690. The average molecular weight is 282 g/mol. The zero-order valence-electron chi connectivity index (χ0n) is 9.79. The number of rotatable bonds is 3. The van der Waals surface area contributed by atoms with E-state index in [2.05, 4.69) is 0 Å². The zero-order valence-corrected chi connectivity index (χ0v) is 10.5. The number of Topliss-reactive ketones (excluding diaryl/α,β-unsaturated/α-hetero) is 1. The Morgan fingerprint density at radius 3 is 2.68 bits per heavy atom. The van der Waals surface area contributed by atoms with Crippen molar-refractivity contribution in [3.05, 3.63) is 64.2 Å². The van der Waals surface area contributed by atoms with Gasteiger partial charge in [0.1, 0.15) is 0 Å². The van der Waals surface area contributed by atoms with Gasteiger partial charge in [-0.05, 0) is 29.8 Å². The molecule has 5 heteroatoms. The summed E-state index contributed by atoms with van der Waals surface area (Å²) in [4.78, 5) is 12.0. The Labute approximate surface area is 113 Å². The Balaban J connectivity index is 2.31. The van der Waals surface area contributed by atoms with Crippen LogP contribution >= 0.6 is 11.6 Å². The second-order valence-electron chi connectivity index (χ2n) is 4.05. The monoisotopic (exact) mass is 281 g/mol. The molecule has 0 bridgehead atoms. The van der Waals surface area contributed by atoms with E-state index in [0.717, 1.165) is 6.07 Å². The highest BCUT2D eigenvalue weighted by Gasteiger charge is 2.15. The highest BCUT2D eigenvalue weighted by Crippen LogP contribution is 2.22. The van der Waals surface area contributed by atoms with Gasteiger partial charge in [-0.1, -0.05) is 23.7 Å². The van der Waals surface area contributed by atoms with Crippen molar-refractivity contribution in [1.29, 1.82) is 0 Å². The number of carbonyl (C=O) groups excluding carboxylic acids is 1. The summed E-state index contributed by atoms with van der Waals surface area (Å²) in [5.41, 5.74) is 6.14. The average Bonchev–Trinajstić information content (AvgIpc) is 2.38. The van der Waals surface area contributed by atoms with Crippen LogP contribution in [-0.4, -0.2) is 5.78 Å². The van der Waals surface area contributed by atoms with Crippen LogP contribution in [0.1, 0.15) is 15.9 Å². The molecule has 2 N–H and O–H groups in total. The number of anilines is 1. The summed E-state index contributed by atoms with van der Waals surface area (Å²) in [5.74, 6) is -2.42. The van der Waals surface area contributed by atoms with Gasteiger partial charge in [0.05, 0.1) is 5.02 Å². The van der Waals surface area contributed by atoms with Gasteiger partial charge < -0.3 is 5.73 Å². The van der Waals surface area contributed by atoms with Crippen molar-refractivity contribution in [3.8, 4) is 0 Å². The molecule has 0 aliphatic carbocycles. The first-order chi connectivity index (χ1) is 8.99. The number of carbonyl (C=O) groups is 1. The van der Waals surface area contributed by atoms with Crippen molar-refractivity contribution < 1.29 is 13.6 Å². The van der Waals surface area contributed by atoms with Gasteiger partial charge >= 0.3 is 0 Å². The van der Waals surface area contributed by atoms with Gasteiger partial charge in [0.25, 0.3) is 0 Å². The van der Waals surface area contributed by atoms with Gasteiger partial charge in [-0.25, -0.2) is 8.78 Å². The maximum absolute atomic E-state index is 13.5. The molecule has 0 spiro atoms. The second kappa shape index (κ2) is 5.36. The van der Waals surface area contributed by atoms with Crippen LogP contribution in [-0.2, 0) is 6.42 Å². The third-order valence-corrected chi connectivity index (χ3v) is 3.00. The third kappa shape index (κ3) is 2.90. The molecule has 0 heterocycles. The predicted octanol–water partition coefficient (Wildman–Crippen LogP) is 3.63. The molecule has 2 aromatic carbocycles. The van der Waals surface area contributed by atoms with E-state index in [1.54, 1.807) is 6.07 Å². The molecule has 0 aliphatic heterocycles. The third-order valence-electron chi connectivity index (χ3n) is 2.67. The van der Waals surface area contributed by atoms with Gasteiger partial charge in [-0.2, -0.15) is 0 Å². The van der Waals surface area contributed by atoms with Gasteiger partial charge in [0.15, 0.2) is 17.4 Å². The lowest BCUT2D eigenvalue weighted by atomic mass is 10.0. The van der Waals surface area contributed by atoms with Crippen LogP contribution in [0.15, 0.2) is 36.4 Å². The molecule has 0 atom stereocenters. The van der Waals surface area contributed by atoms with Crippen molar-refractivity contribution in [1.82, 2.24) is 0 Å². The van der Waals surface area contributed by atoms with Crippen LogP contribution in [0.2, 0.25) is 5.02 Å². The maximum Gasteiger partial charge on any atom is 0.168 e. The smallest absolute Gasteiger partial charge is 0.168 e. The normalized spacial score (nSPS) is 10.5. The van der Waals surface area contributed by atoms with E-state index >= 15 is 0 Å². The van der Waals surface area contributed by atoms with Crippen molar-refractivity contribution in [2.75, 3.05) is 5.73 Å². The number of nitrogen functional groups attached to an aromatic ring is 1. The summed E-state index contributed by atoms with van der Waals surface area (Å²) >= 11 is 5.88. The van der Waals surface area contributed by atoms with Gasteiger partial charge in [0.2, 0.25) is 0 Å². The summed E-state index contributed by atoms with van der Waals surface area (Å²) in [6, 6.07) is 8.17. The molecule has 19 heavy (non-hydrogen) atoms. The molecule has 0 unspecified atom stereocenters. The van der Waals surface area contributed by atoms with Crippen LogP contribution in [0, 0.1) is 11.6 Å². The Morgan fingerprint density at radius 1 is 1.21 bits per heavy atom. The van der Waals surface area contributed by atoms with Gasteiger partial charge in [-0.15, -0.1) is 0 Å². The van der Waals surface area contributed by atoms with E-state index in [0.29, 0.717) is 5.69 Å². The first-order valence-corrected chi connectivity index (χ1v) is 5.88. The highest BCUT2D eigenvalue weighted by atomic mass is 35.5. The minimum atomic E-state index is -1.02. The van der Waals surface area contributed by atoms with E-state index in [9.17, 15) is 13.6 Å². The van der Waals surface area contributed by atoms with Crippen LogP contribution < -0.4 is 5.73 Å². The molecule has 0 radical (unpaired) electrons. The van der Waals surface area contributed by atoms with E-state index in [1.807, 2.05) is 0 Å². The summed E-state index contributed by atoms with van der Waals surface area (Å²) in [6.45, 7) is 0. The van der Waals surface area contributed by atoms with Crippen molar-refractivity contribution in [2.45, 2.75) is 6.42 Å². The molecule has 0 saturated heterocycles. The number of nitrogens with two attached hydrogens (primary N) is 1. The van der Waals surface area contributed by atoms with Crippen LogP contribution in [0.5, 0.6) is 0 Å². The van der Waals surface area contributed by atoms with Crippen LogP contribution in [0.3, 0.4) is 0 Å². The van der Waals surface area contributed by atoms with E-state index in [-0.39, 0.29) is 22.6 Å². The lowest BCUT2D eigenvalue weighted by Gasteiger charge is -2.06. The van der Waals surface area contributed by atoms with Crippen molar-refractivity contribution in [3.63, 3.8) is 0 Å². The lowest BCUT2D eigenvalue weighted by molar-refractivity contribution is 0.0992. The number of ketones is 1. The van der Waals surface area contributed by atoms with E-state index < -0.39 is 17.4 Å². The van der Waals surface area contributed by atoms with Crippen molar-refractivity contribution >= 4 is 23.1 Å². The number of hydrogen-bond donors (Lipinski definition) is 1. The predicted molar refractivity (Wildman–Crippen MR) is 70.3 cm³/mol. The number of benzene rings is 2. The minimum Gasteiger partial charge on any atom is -0.399 e. The standard InChI is InChI=1S/C14H10ClF2NO/c15-11-5-4-9(18)7-10(11)13(19)6-8-2-1-3-12(16)14(8)17/h1-5,7H,6,18H2. The molecular weight excluding hydrogens is 272 g/mol. The molecule has 0 aliphatic rings. The molecule has 0 fully saturated rings. The SMILES string of the molecule is Nc1ccc(Cl)c(C(=O)Cc2cccc(F)c2F)c1. The first-order valence-electron chi connectivity index (χ1n) is 5.50. The fourth-order valence-electron chi connectivity index (χ4n) is 1.71. The second-order valence-corrected chi connectivity index (χ2v) is 4.46. The molecule has 98 valence electrons. The van der Waals surface area contributed by atoms with Crippen LogP contribution in [0.4, 0.5) is 14.5 Å². The fourth-order valence-corrected chi connectivity index (χ4v) is 1.93. The van der Waals surface area contributed by atoms with Gasteiger partial charge in [0, 0.05) is 17.7 Å². The molecular formula is C14H10ClF2NO. The minimum absolute atomic E-state index is 0.0107. The summed E-state index contributed by atoms with van der Waals surface area (Å²) < 4.78 is 26.5. The van der Waals surface area contributed by atoms with Crippen molar-refractivity contribution in [2.24, 2.45) is 0 Å². The topological polar surface area (TPSA) is 43.1 Å². The molecule has 2 aromatic rings. The largest absolute Gasteiger partial charge is 0.399 e. The highest BCUT2D eigenvalue weighted by molar-refractivity contribution is 6.34. The Kier molecular flexibility index (Phi) is 3.81. The lowest BCUT2D eigenvalue weighted by Crippen LogP contribution is -2.07. The van der Waals surface area contributed by atoms with Gasteiger partial charge in [-0.3, -0.25) is 4.79 Å². The zero-order chi connectivity index (χ0) is 14.0. The Bertz CT molecular complexity index is 643. The molecule has 0 amide bonds. The molecule has 0 saturated carbocycles. The number of halogens is 3. The summed E-state index contributed by atoms with van der Waals surface area (Å²) in [6.07, 6.45) is -0.271. The summed E-state index contributed by atoms with van der Waals surface area (Å²) in [7, 11) is 0. The molecule has 2 rings (SSSR count). The molecule has 0 aromatic heterocycles. The Morgan fingerprint density at radius 2 is 1.95 bits per heavy atom. The Hall–Kier alpha value is -1.94. The first kappa shape index (κ1) is 13.5. The molecule has 2 nitrogen and oxygen atoms in total. The summed E-state index contributed by atoms with van der Waals surface area (Å²) in [5, 5.41) is 0.232. The van der Waals surface area contributed by atoms with Crippen LogP contribution in [0.25, 0.3) is 0 Å². The fraction of sp³-hybridized carbons (Fsp3) is 0.0714. The van der Waals surface area contributed by atoms with E-state index in [1.165, 1.54) is 24.3 Å².